The molecule has 4 N–H and O–H groups in total. The maximum absolute atomic E-state index is 11.2. The van der Waals surface area contributed by atoms with Gasteiger partial charge in [0.2, 0.25) is 0 Å². The minimum Gasteiger partial charge on any atom is -0.397 e. The number of anilines is 2. The van der Waals surface area contributed by atoms with Gasteiger partial charge in [-0.25, -0.2) is 0 Å². The monoisotopic (exact) mass is 207 g/mol. The van der Waals surface area contributed by atoms with Crippen LogP contribution in [0.25, 0.3) is 0 Å². The molecule has 0 heterocycles. The van der Waals surface area contributed by atoms with Crippen LogP contribution in [0.2, 0.25) is 0 Å². The van der Waals surface area contributed by atoms with Crippen LogP contribution in [0.1, 0.15) is 5.56 Å². The summed E-state index contributed by atoms with van der Waals surface area (Å²) in [6.07, 6.45) is 0. The smallest absolute Gasteiger partial charge is 0.313 e. The summed E-state index contributed by atoms with van der Waals surface area (Å²) in [4.78, 5) is 22.1. The molecule has 15 heavy (non-hydrogen) atoms. The molecular weight excluding hydrogens is 194 g/mol. The molecule has 0 saturated heterocycles. The number of benzene rings is 1. The molecule has 0 fully saturated rings. The molecule has 0 radical (unpaired) electrons. The van der Waals surface area contributed by atoms with Crippen molar-refractivity contribution in [2.75, 3.05) is 18.1 Å². The van der Waals surface area contributed by atoms with E-state index < -0.39 is 11.8 Å². The van der Waals surface area contributed by atoms with Gasteiger partial charge in [0.1, 0.15) is 0 Å². The molecule has 80 valence electrons. The number of likely N-dealkylation sites (N-methyl/N-ethyl adjacent to an activating group) is 1. The standard InChI is InChI=1S/C10H13N3O2/c1-6-3-4-8(7(11)5-6)13-10(15)9(14)12-2/h3-5H,11H2,1-2H3,(H,12,14)(H,13,15). The number of nitrogens with two attached hydrogens (primary N) is 1. The molecule has 2 amide bonds. The summed E-state index contributed by atoms with van der Waals surface area (Å²) in [5, 5.41) is 4.64. The third kappa shape index (κ3) is 2.70. The molecule has 0 aliphatic rings. The lowest BCUT2D eigenvalue weighted by atomic mass is 10.2. The average Bonchev–Trinajstić information content (AvgIpc) is 2.20. The maximum Gasteiger partial charge on any atom is 0.313 e. The summed E-state index contributed by atoms with van der Waals surface area (Å²) < 4.78 is 0. The van der Waals surface area contributed by atoms with Crippen molar-refractivity contribution in [3.05, 3.63) is 23.8 Å². The van der Waals surface area contributed by atoms with E-state index in [9.17, 15) is 9.59 Å². The Morgan fingerprint density at radius 1 is 1.27 bits per heavy atom. The molecule has 1 rings (SSSR count). The fraction of sp³-hybridized carbons (Fsp3) is 0.200. The van der Waals surface area contributed by atoms with Crippen LogP contribution < -0.4 is 16.4 Å². The minimum absolute atomic E-state index is 0.437. The predicted molar refractivity (Wildman–Crippen MR) is 58.3 cm³/mol. The van der Waals surface area contributed by atoms with E-state index in [1.165, 1.54) is 7.05 Å². The van der Waals surface area contributed by atoms with Gasteiger partial charge in [-0.1, -0.05) is 6.07 Å². The van der Waals surface area contributed by atoms with Crippen molar-refractivity contribution in [1.82, 2.24) is 5.32 Å². The third-order valence-corrected chi connectivity index (χ3v) is 1.89. The number of nitrogen functional groups attached to an aromatic ring is 1. The van der Waals surface area contributed by atoms with Gasteiger partial charge in [0.15, 0.2) is 0 Å². The highest BCUT2D eigenvalue weighted by molar-refractivity contribution is 6.39. The summed E-state index contributed by atoms with van der Waals surface area (Å²) in [5.41, 5.74) is 7.53. The summed E-state index contributed by atoms with van der Waals surface area (Å²) in [7, 11) is 1.39. The second kappa shape index (κ2) is 4.45. The van der Waals surface area contributed by atoms with Crippen LogP contribution in [-0.4, -0.2) is 18.9 Å². The molecule has 0 aliphatic carbocycles. The largest absolute Gasteiger partial charge is 0.397 e. The summed E-state index contributed by atoms with van der Waals surface area (Å²) in [5.74, 6) is -1.43. The van der Waals surface area contributed by atoms with Crippen LogP contribution in [0.3, 0.4) is 0 Å². The molecule has 0 aromatic heterocycles. The zero-order chi connectivity index (χ0) is 11.4. The van der Waals surface area contributed by atoms with E-state index >= 15 is 0 Å². The lowest BCUT2D eigenvalue weighted by Gasteiger charge is -2.07. The van der Waals surface area contributed by atoms with E-state index in [1.54, 1.807) is 18.2 Å². The molecule has 0 spiro atoms. The van der Waals surface area contributed by atoms with Crippen LogP contribution in [0, 0.1) is 6.92 Å². The van der Waals surface area contributed by atoms with E-state index in [4.69, 9.17) is 5.73 Å². The van der Waals surface area contributed by atoms with Crippen molar-refractivity contribution in [2.45, 2.75) is 6.92 Å². The number of hydrogen-bond donors (Lipinski definition) is 3. The first-order valence-corrected chi connectivity index (χ1v) is 4.43. The molecule has 0 saturated carbocycles. The van der Waals surface area contributed by atoms with Gasteiger partial charge in [0.05, 0.1) is 11.4 Å². The third-order valence-electron chi connectivity index (χ3n) is 1.89. The molecule has 0 atom stereocenters. The molecule has 1 aromatic rings. The zero-order valence-electron chi connectivity index (χ0n) is 8.63. The lowest BCUT2D eigenvalue weighted by Crippen LogP contribution is -2.32. The van der Waals surface area contributed by atoms with E-state index in [0.29, 0.717) is 11.4 Å². The Kier molecular flexibility index (Phi) is 3.28. The Morgan fingerprint density at radius 3 is 2.47 bits per heavy atom. The zero-order valence-corrected chi connectivity index (χ0v) is 8.63. The van der Waals surface area contributed by atoms with Crippen LogP contribution in [0.4, 0.5) is 11.4 Å². The van der Waals surface area contributed by atoms with E-state index in [0.717, 1.165) is 5.56 Å². The highest BCUT2D eigenvalue weighted by Gasteiger charge is 2.12. The minimum atomic E-state index is -0.729. The molecule has 5 heteroatoms. The van der Waals surface area contributed by atoms with Crippen molar-refractivity contribution < 1.29 is 9.59 Å². The first-order valence-electron chi connectivity index (χ1n) is 4.43. The van der Waals surface area contributed by atoms with Gasteiger partial charge in [-0.15, -0.1) is 0 Å². The van der Waals surface area contributed by atoms with Crippen molar-refractivity contribution in [2.24, 2.45) is 0 Å². The summed E-state index contributed by atoms with van der Waals surface area (Å²) >= 11 is 0. The highest BCUT2D eigenvalue weighted by Crippen LogP contribution is 2.18. The predicted octanol–water partition coefficient (Wildman–Crippen LogP) is 0.262. The Morgan fingerprint density at radius 2 is 1.93 bits per heavy atom. The highest BCUT2D eigenvalue weighted by atomic mass is 16.2. The van der Waals surface area contributed by atoms with Crippen LogP contribution in [0.15, 0.2) is 18.2 Å². The Labute approximate surface area is 87.7 Å². The van der Waals surface area contributed by atoms with Crippen molar-refractivity contribution in [1.29, 1.82) is 0 Å². The maximum atomic E-state index is 11.2. The fourth-order valence-corrected chi connectivity index (χ4v) is 1.09. The number of carbonyl (C=O) groups is 2. The van der Waals surface area contributed by atoms with Gasteiger partial charge in [-0.2, -0.15) is 0 Å². The quantitative estimate of drug-likeness (QED) is 0.456. The van der Waals surface area contributed by atoms with Crippen LogP contribution in [0.5, 0.6) is 0 Å². The normalized spacial score (nSPS) is 9.47. The van der Waals surface area contributed by atoms with Crippen molar-refractivity contribution >= 4 is 23.2 Å². The Balaban J connectivity index is 2.81. The lowest BCUT2D eigenvalue weighted by molar-refractivity contribution is -0.135. The molecule has 5 nitrogen and oxygen atoms in total. The molecule has 1 aromatic carbocycles. The fourth-order valence-electron chi connectivity index (χ4n) is 1.09. The summed E-state index contributed by atoms with van der Waals surface area (Å²) in [6.45, 7) is 1.89. The number of hydrogen-bond acceptors (Lipinski definition) is 3. The first kappa shape index (κ1) is 11.0. The Bertz CT molecular complexity index is 402. The molecule has 0 unspecified atom stereocenters. The van der Waals surface area contributed by atoms with E-state index in [1.807, 2.05) is 6.92 Å². The summed E-state index contributed by atoms with van der Waals surface area (Å²) in [6, 6.07) is 5.18. The van der Waals surface area contributed by atoms with Crippen LogP contribution >= 0.6 is 0 Å². The van der Waals surface area contributed by atoms with Crippen LogP contribution in [-0.2, 0) is 9.59 Å². The van der Waals surface area contributed by atoms with Gasteiger partial charge < -0.3 is 16.4 Å². The number of nitrogens with one attached hydrogen (secondary N) is 2. The molecular formula is C10H13N3O2. The van der Waals surface area contributed by atoms with Gasteiger partial charge in [-0.05, 0) is 24.6 Å². The van der Waals surface area contributed by atoms with E-state index in [-0.39, 0.29) is 0 Å². The van der Waals surface area contributed by atoms with Gasteiger partial charge in [0, 0.05) is 7.05 Å². The molecule has 0 aliphatic heterocycles. The second-order valence-electron chi connectivity index (χ2n) is 3.12. The van der Waals surface area contributed by atoms with Gasteiger partial charge in [-0.3, -0.25) is 9.59 Å². The van der Waals surface area contributed by atoms with Gasteiger partial charge in [0.25, 0.3) is 0 Å². The number of carbonyl (C=O) groups excluding carboxylic acids is 2. The second-order valence-corrected chi connectivity index (χ2v) is 3.12. The average molecular weight is 207 g/mol. The van der Waals surface area contributed by atoms with E-state index in [2.05, 4.69) is 10.6 Å². The van der Waals surface area contributed by atoms with Gasteiger partial charge >= 0.3 is 11.8 Å². The van der Waals surface area contributed by atoms with Crippen molar-refractivity contribution in [3.63, 3.8) is 0 Å². The number of amides is 2. The number of aryl methyl sites for hydroxylation is 1. The first-order chi connectivity index (χ1) is 7.04. The molecule has 0 bridgehead atoms. The Hall–Kier alpha value is -2.04. The topological polar surface area (TPSA) is 84.2 Å². The van der Waals surface area contributed by atoms with Crippen molar-refractivity contribution in [3.8, 4) is 0 Å². The number of rotatable bonds is 1. The SMILES string of the molecule is CNC(=O)C(=O)Nc1ccc(C)cc1N.